The number of rotatable bonds is 3. The summed E-state index contributed by atoms with van der Waals surface area (Å²) in [6.45, 7) is 7.88. The first-order chi connectivity index (χ1) is 9.28. The Hall–Kier alpha value is -1.42. The van der Waals surface area contributed by atoms with Gasteiger partial charge in [-0.15, -0.1) is 0 Å². The first kappa shape index (κ1) is 12.6. The maximum atomic E-state index is 4.56. The van der Waals surface area contributed by atoms with Crippen molar-refractivity contribution < 1.29 is 0 Å². The van der Waals surface area contributed by atoms with Gasteiger partial charge in [0.1, 0.15) is 5.82 Å². The number of piperidine rings is 1. The molecule has 0 saturated carbocycles. The molecule has 0 bridgehead atoms. The standard InChI is InChI=1S/C15H22N4/c1-3-8-18-9-6-13(7-10-18)15-5-4-14-11-16-12(2)17-19(14)15/h4-5,11,13H,3,6-10H2,1-2H3. The summed E-state index contributed by atoms with van der Waals surface area (Å²) in [5, 5.41) is 4.56. The van der Waals surface area contributed by atoms with Crippen molar-refractivity contribution in [3.05, 3.63) is 29.8 Å². The second kappa shape index (κ2) is 5.29. The van der Waals surface area contributed by atoms with Crippen LogP contribution in [0.3, 0.4) is 0 Å². The Labute approximate surface area is 114 Å². The molecule has 0 aromatic carbocycles. The lowest BCUT2D eigenvalue weighted by atomic mass is 9.93. The lowest BCUT2D eigenvalue weighted by Gasteiger charge is -2.31. The van der Waals surface area contributed by atoms with Crippen LogP contribution in [0.1, 0.15) is 43.6 Å². The molecule has 3 rings (SSSR count). The summed E-state index contributed by atoms with van der Waals surface area (Å²) >= 11 is 0. The summed E-state index contributed by atoms with van der Waals surface area (Å²) in [7, 11) is 0. The minimum atomic E-state index is 0.643. The Kier molecular flexibility index (Phi) is 3.51. The summed E-state index contributed by atoms with van der Waals surface area (Å²) in [6.07, 6.45) is 5.66. The molecule has 0 radical (unpaired) electrons. The van der Waals surface area contributed by atoms with Gasteiger partial charge in [-0.1, -0.05) is 6.92 Å². The molecule has 4 nitrogen and oxygen atoms in total. The van der Waals surface area contributed by atoms with E-state index < -0.39 is 0 Å². The molecule has 0 unspecified atom stereocenters. The van der Waals surface area contributed by atoms with E-state index >= 15 is 0 Å². The van der Waals surface area contributed by atoms with Crippen molar-refractivity contribution in [3.8, 4) is 0 Å². The van der Waals surface area contributed by atoms with Crippen LogP contribution in [-0.4, -0.2) is 39.1 Å². The molecule has 2 aromatic rings. The molecular formula is C15H22N4. The third kappa shape index (κ3) is 2.50. The van der Waals surface area contributed by atoms with Gasteiger partial charge in [0.15, 0.2) is 0 Å². The van der Waals surface area contributed by atoms with E-state index in [0.717, 1.165) is 11.3 Å². The molecule has 0 N–H and O–H groups in total. The van der Waals surface area contributed by atoms with Crippen LogP contribution in [0.5, 0.6) is 0 Å². The molecule has 19 heavy (non-hydrogen) atoms. The molecule has 2 aromatic heterocycles. The van der Waals surface area contributed by atoms with Crippen molar-refractivity contribution in [2.75, 3.05) is 19.6 Å². The molecule has 3 heterocycles. The van der Waals surface area contributed by atoms with E-state index in [4.69, 9.17) is 0 Å². The number of aryl methyl sites for hydroxylation is 1. The van der Waals surface area contributed by atoms with Crippen molar-refractivity contribution in [1.29, 1.82) is 0 Å². The van der Waals surface area contributed by atoms with E-state index in [-0.39, 0.29) is 0 Å². The molecule has 102 valence electrons. The zero-order valence-corrected chi connectivity index (χ0v) is 11.8. The number of nitrogens with zero attached hydrogens (tertiary/aromatic N) is 4. The third-order valence-electron chi connectivity index (χ3n) is 4.09. The van der Waals surface area contributed by atoms with Crippen molar-refractivity contribution in [2.24, 2.45) is 0 Å². The molecule has 1 saturated heterocycles. The van der Waals surface area contributed by atoms with Crippen molar-refractivity contribution in [3.63, 3.8) is 0 Å². The van der Waals surface area contributed by atoms with Crippen LogP contribution in [-0.2, 0) is 0 Å². The number of aromatic nitrogens is 3. The molecule has 0 amide bonds. The molecule has 0 atom stereocenters. The first-order valence-electron chi connectivity index (χ1n) is 7.31. The summed E-state index contributed by atoms with van der Waals surface area (Å²) in [6, 6.07) is 4.36. The van der Waals surface area contributed by atoms with Crippen molar-refractivity contribution in [2.45, 2.75) is 39.0 Å². The van der Waals surface area contributed by atoms with E-state index in [1.165, 1.54) is 44.6 Å². The number of hydrogen-bond donors (Lipinski definition) is 0. The zero-order valence-electron chi connectivity index (χ0n) is 11.8. The Balaban J connectivity index is 1.80. The van der Waals surface area contributed by atoms with Crippen molar-refractivity contribution in [1.82, 2.24) is 19.5 Å². The van der Waals surface area contributed by atoms with Gasteiger partial charge in [0.2, 0.25) is 0 Å². The fraction of sp³-hybridized carbons (Fsp3) is 0.600. The van der Waals surface area contributed by atoms with Crippen LogP contribution in [0.2, 0.25) is 0 Å². The molecule has 1 aliphatic rings. The van der Waals surface area contributed by atoms with E-state index in [9.17, 15) is 0 Å². The maximum absolute atomic E-state index is 4.56. The number of fused-ring (bicyclic) bond motifs is 1. The average molecular weight is 258 g/mol. The second-order valence-electron chi connectivity index (χ2n) is 5.52. The summed E-state index contributed by atoms with van der Waals surface area (Å²) < 4.78 is 2.09. The lowest BCUT2D eigenvalue weighted by molar-refractivity contribution is 0.210. The van der Waals surface area contributed by atoms with Crippen LogP contribution < -0.4 is 0 Å². The van der Waals surface area contributed by atoms with Crippen LogP contribution in [0.25, 0.3) is 5.52 Å². The molecular weight excluding hydrogens is 236 g/mol. The number of hydrogen-bond acceptors (Lipinski definition) is 3. The topological polar surface area (TPSA) is 33.4 Å². The van der Waals surface area contributed by atoms with Gasteiger partial charge in [-0.2, -0.15) is 5.10 Å². The van der Waals surface area contributed by atoms with Gasteiger partial charge in [-0.3, -0.25) is 0 Å². The summed E-state index contributed by atoms with van der Waals surface area (Å²) in [4.78, 5) is 6.84. The van der Waals surface area contributed by atoms with Gasteiger partial charge in [-0.05, 0) is 58.0 Å². The lowest BCUT2D eigenvalue weighted by Crippen LogP contribution is -2.33. The Morgan fingerprint density at radius 2 is 2.05 bits per heavy atom. The van der Waals surface area contributed by atoms with Crippen LogP contribution in [0, 0.1) is 6.92 Å². The smallest absolute Gasteiger partial charge is 0.146 e. The molecule has 1 aliphatic heterocycles. The predicted molar refractivity (Wildman–Crippen MR) is 76.4 cm³/mol. The highest BCUT2D eigenvalue weighted by atomic mass is 15.3. The minimum absolute atomic E-state index is 0.643. The summed E-state index contributed by atoms with van der Waals surface area (Å²) in [5.74, 6) is 1.48. The quantitative estimate of drug-likeness (QED) is 0.848. The molecule has 0 spiro atoms. The average Bonchev–Trinajstić information content (AvgIpc) is 2.83. The van der Waals surface area contributed by atoms with Gasteiger partial charge in [0.05, 0.1) is 11.7 Å². The monoisotopic (exact) mass is 258 g/mol. The first-order valence-corrected chi connectivity index (χ1v) is 7.31. The Morgan fingerprint density at radius 1 is 1.26 bits per heavy atom. The SMILES string of the molecule is CCCN1CCC(c2ccc3cnc(C)nn23)CC1. The van der Waals surface area contributed by atoms with Gasteiger partial charge >= 0.3 is 0 Å². The normalized spacial score (nSPS) is 18.2. The van der Waals surface area contributed by atoms with E-state index in [2.05, 4.69) is 38.6 Å². The second-order valence-corrected chi connectivity index (χ2v) is 5.52. The Morgan fingerprint density at radius 3 is 2.79 bits per heavy atom. The van der Waals surface area contributed by atoms with Gasteiger partial charge in [0, 0.05) is 11.6 Å². The Bertz CT molecular complexity index is 552. The third-order valence-corrected chi connectivity index (χ3v) is 4.09. The van der Waals surface area contributed by atoms with Gasteiger partial charge < -0.3 is 4.90 Å². The minimum Gasteiger partial charge on any atom is -0.303 e. The predicted octanol–water partition coefficient (Wildman–Crippen LogP) is 2.63. The van der Waals surface area contributed by atoms with Crippen molar-refractivity contribution >= 4 is 5.52 Å². The summed E-state index contributed by atoms with van der Waals surface area (Å²) in [5.41, 5.74) is 2.47. The fourth-order valence-corrected chi connectivity index (χ4v) is 3.08. The molecule has 4 heteroatoms. The maximum Gasteiger partial charge on any atom is 0.146 e. The zero-order chi connectivity index (χ0) is 13.2. The van der Waals surface area contributed by atoms with Crippen LogP contribution in [0.15, 0.2) is 18.3 Å². The number of likely N-dealkylation sites (tertiary alicyclic amines) is 1. The highest BCUT2D eigenvalue weighted by Gasteiger charge is 2.22. The highest BCUT2D eigenvalue weighted by molar-refractivity contribution is 5.46. The van der Waals surface area contributed by atoms with E-state index in [1.807, 2.05) is 13.1 Å². The highest BCUT2D eigenvalue weighted by Crippen LogP contribution is 2.28. The molecule has 1 fully saturated rings. The van der Waals surface area contributed by atoms with Gasteiger partial charge in [0.25, 0.3) is 0 Å². The van der Waals surface area contributed by atoms with Crippen LogP contribution >= 0.6 is 0 Å². The van der Waals surface area contributed by atoms with E-state index in [1.54, 1.807) is 0 Å². The fourth-order valence-electron chi connectivity index (χ4n) is 3.08. The van der Waals surface area contributed by atoms with E-state index in [0.29, 0.717) is 5.92 Å². The van der Waals surface area contributed by atoms with Gasteiger partial charge in [-0.25, -0.2) is 9.50 Å². The molecule has 0 aliphatic carbocycles. The van der Waals surface area contributed by atoms with Crippen LogP contribution in [0.4, 0.5) is 0 Å². The largest absolute Gasteiger partial charge is 0.303 e.